The summed E-state index contributed by atoms with van der Waals surface area (Å²) >= 11 is 0. The zero-order chi connectivity index (χ0) is 11.6. The molecule has 0 heterocycles. The summed E-state index contributed by atoms with van der Waals surface area (Å²) in [5.74, 6) is 0.0215. The van der Waals surface area contributed by atoms with E-state index in [1.54, 1.807) is 6.92 Å². The molecule has 0 aliphatic rings. The average Bonchev–Trinajstić information content (AvgIpc) is 2.09. The lowest BCUT2D eigenvalue weighted by Gasteiger charge is -2.06. The summed E-state index contributed by atoms with van der Waals surface area (Å²) in [5.41, 5.74) is 9.21. The van der Waals surface area contributed by atoms with E-state index in [-0.39, 0.29) is 11.7 Å². The van der Waals surface area contributed by atoms with Crippen molar-refractivity contribution in [1.29, 1.82) is 0 Å². The Labute approximate surface area is 90.0 Å². The van der Waals surface area contributed by atoms with Gasteiger partial charge in [0.05, 0.1) is 0 Å². The van der Waals surface area contributed by atoms with Gasteiger partial charge in [-0.2, -0.15) is 4.99 Å². The molecule has 2 N–H and O–H groups in total. The highest BCUT2D eigenvalue weighted by atomic mass is 16.1. The summed E-state index contributed by atoms with van der Waals surface area (Å²) in [4.78, 5) is 15.4. The van der Waals surface area contributed by atoms with E-state index in [9.17, 15) is 4.79 Å². The van der Waals surface area contributed by atoms with E-state index in [2.05, 4.69) is 4.99 Å². The number of hydrogen-bond donors (Lipinski definition) is 1. The van der Waals surface area contributed by atoms with E-state index in [1.165, 1.54) is 5.56 Å². The van der Waals surface area contributed by atoms with Crippen molar-refractivity contribution in [2.75, 3.05) is 0 Å². The Morgan fingerprint density at radius 2 is 1.67 bits per heavy atom. The smallest absolute Gasteiger partial charge is 0.278 e. The second-order valence-corrected chi connectivity index (χ2v) is 3.81. The Morgan fingerprint density at radius 3 is 2.20 bits per heavy atom. The van der Waals surface area contributed by atoms with Gasteiger partial charge in [0.1, 0.15) is 5.84 Å². The van der Waals surface area contributed by atoms with Gasteiger partial charge >= 0.3 is 0 Å². The summed E-state index contributed by atoms with van der Waals surface area (Å²) in [7, 11) is 0. The summed E-state index contributed by atoms with van der Waals surface area (Å²) in [6.45, 7) is 7.51. The van der Waals surface area contributed by atoms with Gasteiger partial charge in [-0.25, -0.2) is 0 Å². The Bertz CT molecular complexity index is 429. The molecule has 0 aromatic heterocycles. The molecule has 1 rings (SSSR count). The van der Waals surface area contributed by atoms with Gasteiger partial charge in [-0.1, -0.05) is 6.07 Å². The molecule has 0 unspecified atom stereocenters. The zero-order valence-electron chi connectivity index (χ0n) is 9.59. The average molecular weight is 204 g/mol. The number of hydrogen-bond acceptors (Lipinski definition) is 1. The normalized spacial score (nSPS) is 11.6. The van der Waals surface area contributed by atoms with Crippen LogP contribution in [-0.2, 0) is 0 Å². The molecule has 15 heavy (non-hydrogen) atoms. The standard InChI is InChI=1S/C12H16N2O/c1-7-5-9(3)11(6-8(7)2)12(15)14-10(4)13/h5-6H,1-4H3,(H2,13,14,15). The molecule has 0 atom stereocenters. The summed E-state index contributed by atoms with van der Waals surface area (Å²) in [6, 6.07) is 3.85. The van der Waals surface area contributed by atoms with Gasteiger partial charge in [0.25, 0.3) is 5.91 Å². The van der Waals surface area contributed by atoms with Crippen molar-refractivity contribution in [1.82, 2.24) is 0 Å². The first-order valence-corrected chi connectivity index (χ1v) is 4.84. The number of nitrogens with two attached hydrogens (primary N) is 1. The van der Waals surface area contributed by atoms with Gasteiger partial charge in [-0.15, -0.1) is 0 Å². The van der Waals surface area contributed by atoms with Crippen LogP contribution in [0.5, 0.6) is 0 Å². The van der Waals surface area contributed by atoms with Crippen molar-refractivity contribution in [3.8, 4) is 0 Å². The van der Waals surface area contributed by atoms with Gasteiger partial charge in [0.2, 0.25) is 0 Å². The lowest BCUT2D eigenvalue weighted by Crippen LogP contribution is -2.10. The van der Waals surface area contributed by atoms with Crippen LogP contribution in [0.1, 0.15) is 34.0 Å². The molecular formula is C12H16N2O. The number of carbonyl (C=O) groups is 1. The summed E-state index contributed by atoms with van der Waals surface area (Å²) in [6.07, 6.45) is 0. The molecule has 1 amide bonds. The largest absolute Gasteiger partial charge is 0.387 e. The quantitative estimate of drug-likeness (QED) is 0.562. The van der Waals surface area contributed by atoms with Crippen LogP contribution in [0, 0.1) is 20.8 Å². The van der Waals surface area contributed by atoms with Crippen molar-refractivity contribution in [3.05, 3.63) is 34.4 Å². The van der Waals surface area contributed by atoms with Crippen LogP contribution < -0.4 is 5.73 Å². The van der Waals surface area contributed by atoms with Gasteiger partial charge in [-0.3, -0.25) is 4.79 Å². The van der Waals surface area contributed by atoms with Crippen molar-refractivity contribution < 1.29 is 4.79 Å². The Hall–Kier alpha value is -1.64. The maximum atomic E-state index is 11.7. The predicted octanol–water partition coefficient (Wildman–Crippen LogP) is 2.13. The lowest BCUT2D eigenvalue weighted by molar-refractivity contribution is 0.100. The number of amidine groups is 1. The number of aryl methyl sites for hydroxylation is 3. The highest BCUT2D eigenvalue weighted by Crippen LogP contribution is 2.16. The van der Waals surface area contributed by atoms with Gasteiger partial charge in [0.15, 0.2) is 0 Å². The minimum atomic E-state index is -0.268. The fraction of sp³-hybridized carbons (Fsp3) is 0.333. The molecule has 3 heteroatoms. The molecule has 0 saturated carbocycles. The van der Waals surface area contributed by atoms with E-state index < -0.39 is 0 Å². The molecule has 0 radical (unpaired) electrons. The molecule has 3 nitrogen and oxygen atoms in total. The molecule has 0 aliphatic heterocycles. The molecule has 0 fully saturated rings. The first-order chi connectivity index (χ1) is 6.91. The van der Waals surface area contributed by atoms with E-state index >= 15 is 0 Å². The lowest BCUT2D eigenvalue weighted by atomic mass is 10.0. The maximum Gasteiger partial charge on any atom is 0.278 e. The molecule has 80 valence electrons. The van der Waals surface area contributed by atoms with Crippen LogP contribution in [0.4, 0.5) is 0 Å². The third kappa shape index (κ3) is 2.65. The maximum absolute atomic E-state index is 11.7. The second-order valence-electron chi connectivity index (χ2n) is 3.81. The second kappa shape index (κ2) is 4.26. The number of carbonyl (C=O) groups excluding carboxylic acids is 1. The fourth-order valence-corrected chi connectivity index (χ4v) is 1.41. The van der Waals surface area contributed by atoms with Crippen LogP contribution in [0.2, 0.25) is 0 Å². The molecule has 0 saturated heterocycles. The Balaban J connectivity index is 3.21. The predicted molar refractivity (Wildman–Crippen MR) is 62.3 cm³/mol. The van der Waals surface area contributed by atoms with Crippen molar-refractivity contribution >= 4 is 11.7 Å². The highest BCUT2D eigenvalue weighted by molar-refractivity contribution is 6.03. The van der Waals surface area contributed by atoms with Gasteiger partial charge in [-0.05, 0) is 50.5 Å². The van der Waals surface area contributed by atoms with Crippen LogP contribution >= 0.6 is 0 Å². The third-order valence-corrected chi connectivity index (χ3v) is 2.35. The van der Waals surface area contributed by atoms with Gasteiger partial charge < -0.3 is 5.73 Å². The minimum absolute atomic E-state index is 0.268. The number of amides is 1. The molecule has 0 bridgehead atoms. The summed E-state index contributed by atoms with van der Waals surface area (Å²) < 4.78 is 0. The summed E-state index contributed by atoms with van der Waals surface area (Å²) in [5, 5.41) is 0. The first kappa shape index (κ1) is 11.4. The SMILES string of the molecule is CC(N)=NC(=O)c1cc(C)c(C)cc1C. The van der Waals surface area contributed by atoms with Crippen molar-refractivity contribution in [2.45, 2.75) is 27.7 Å². The van der Waals surface area contributed by atoms with E-state index in [0.717, 1.165) is 11.1 Å². The third-order valence-electron chi connectivity index (χ3n) is 2.35. The van der Waals surface area contributed by atoms with Gasteiger partial charge in [0, 0.05) is 5.56 Å². The molecule has 1 aromatic carbocycles. The molecular weight excluding hydrogens is 188 g/mol. The minimum Gasteiger partial charge on any atom is -0.387 e. The number of benzene rings is 1. The molecule has 1 aromatic rings. The van der Waals surface area contributed by atoms with E-state index in [4.69, 9.17) is 5.73 Å². The highest BCUT2D eigenvalue weighted by Gasteiger charge is 2.09. The topological polar surface area (TPSA) is 55.4 Å². The van der Waals surface area contributed by atoms with Crippen LogP contribution in [0.15, 0.2) is 17.1 Å². The molecule has 0 spiro atoms. The fourth-order valence-electron chi connectivity index (χ4n) is 1.41. The molecule has 0 aliphatic carbocycles. The monoisotopic (exact) mass is 204 g/mol. The van der Waals surface area contributed by atoms with Crippen LogP contribution in [0.25, 0.3) is 0 Å². The number of nitrogens with zero attached hydrogens (tertiary/aromatic N) is 1. The Kier molecular flexibility index (Phi) is 3.24. The van der Waals surface area contributed by atoms with Crippen molar-refractivity contribution in [3.63, 3.8) is 0 Å². The van der Waals surface area contributed by atoms with Crippen molar-refractivity contribution in [2.24, 2.45) is 10.7 Å². The number of aliphatic imine (C=N–C) groups is 1. The Morgan fingerprint density at radius 1 is 1.13 bits per heavy atom. The first-order valence-electron chi connectivity index (χ1n) is 4.84. The van der Waals surface area contributed by atoms with E-state index in [1.807, 2.05) is 32.9 Å². The zero-order valence-corrected chi connectivity index (χ0v) is 9.59. The van der Waals surface area contributed by atoms with Crippen LogP contribution in [0.3, 0.4) is 0 Å². The van der Waals surface area contributed by atoms with Crippen LogP contribution in [-0.4, -0.2) is 11.7 Å². The van der Waals surface area contributed by atoms with E-state index in [0.29, 0.717) is 5.56 Å². The number of rotatable bonds is 1.